The Morgan fingerprint density at radius 3 is 2.68 bits per heavy atom. The van der Waals surface area contributed by atoms with Crippen LogP contribution in [0.4, 0.5) is 11.4 Å². The van der Waals surface area contributed by atoms with Gasteiger partial charge in [-0.15, -0.1) is 0 Å². The highest BCUT2D eigenvalue weighted by atomic mass is 16.7. The summed E-state index contributed by atoms with van der Waals surface area (Å²) in [7, 11) is 1.67. The van der Waals surface area contributed by atoms with E-state index in [-0.39, 0.29) is 5.79 Å². The smallest absolute Gasteiger partial charge is 0.168 e. The minimum absolute atomic E-state index is 0.249. The minimum atomic E-state index is -0.249. The van der Waals surface area contributed by atoms with Crippen LogP contribution < -0.4 is 15.8 Å². The molecule has 122 valence electrons. The van der Waals surface area contributed by atoms with Crippen molar-refractivity contribution in [3.8, 4) is 5.75 Å². The third-order valence-electron chi connectivity index (χ3n) is 4.81. The lowest BCUT2D eigenvalue weighted by atomic mass is 9.83. The number of nitrogens with two attached hydrogens (primary N) is 1. The maximum Gasteiger partial charge on any atom is 0.168 e. The van der Waals surface area contributed by atoms with E-state index >= 15 is 0 Å². The monoisotopic (exact) mass is 306 g/mol. The first-order valence-corrected chi connectivity index (χ1v) is 8.16. The molecule has 0 amide bonds. The summed E-state index contributed by atoms with van der Waals surface area (Å²) in [6, 6.07) is 5.70. The third kappa shape index (κ3) is 3.47. The standard InChI is InChI=1S/C17H26N2O3/c1-20-14-2-3-15(18)16(12-14)19-9-6-13-4-7-17(8-5-13)21-10-11-22-17/h2-3,12-13,19H,4-11,18H2,1H3. The second kappa shape index (κ2) is 6.75. The van der Waals surface area contributed by atoms with E-state index in [1.807, 2.05) is 18.2 Å². The molecule has 5 nitrogen and oxygen atoms in total. The molecular formula is C17H26N2O3. The summed E-state index contributed by atoms with van der Waals surface area (Å²) in [6.07, 6.45) is 5.55. The van der Waals surface area contributed by atoms with Gasteiger partial charge in [0, 0.05) is 25.5 Å². The van der Waals surface area contributed by atoms with E-state index in [1.54, 1.807) is 7.11 Å². The van der Waals surface area contributed by atoms with E-state index in [0.717, 1.165) is 62.1 Å². The van der Waals surface area contributed by atoms with Gasteiger partial charge in [-0.3, -0.25) is 0 Å². The summed E-state index contributed by atoms with van der Waals surface area (Å²) in [5.74, 6) is 1.31. The molecule has 5 heteroatoms. The molecule has 0 radical (unpaired) electrons. The van der Waals surface area contributed by atoms with Crippen molar-refractivity contribution < 1.29 is 14.2 Å². The van der Waals surface area contributed by atoms with Crippen LogP contribution in [-0.2, 0) is 9.47 Å². The Hall–Kier alpha value is -1.46. The second-order valence-electron chi connectivity index (χ2n) is 6.22. The van der Waals surface area contributed by atoms with Gasteiger partial charge >= 0.3 is 0 Å². The molecule has 0 bridgehead atoms. The van der Waals surface area contributed by atoms with Crippen molar-refractivity contribution >= 4 is 11.4 Å². The molecule has 1 aromatic carbocycles. The number of ether oxygens (including phenoxy) is 3. The first kappa shape index (κ1) is 15.4. The van der Waals surface area contributed by atoms with Gasteiger partial charge < -0.3 is 25.3 Å². The van der Waals surface area contributed by atoms with Crippen molar-refractivity contribution in [3.63, 3.8) is 0 Å². The number of rotatable bonds is 5. The Balaban J connectivity index is 1.44. The van der Waals surface area contributed by atoms with E-state index in [9.17, 15) is 0 Å². The van der Waals surface area contributed by atoms with Crippen LogP contribution >= 0.6 is 0 Å². The average molecular weight is 306 g/mol. The molecule has 2 aliphatic rings. The highest BCUT2D eigenvalue weighted by molar-refractivity contribution is 5.68. The van der Waals surface area contributed by atoms with Gasteiger partial charge in [0.2, 0.25) is 0 Å². The Kier molecular flexibility index (Phi) is 4.74. The number of anilines is 2. The van der Waals surface area contributed by atoms with Crippen molar-refractivity contribution in [1.29, 1.82) is 0 Å². The molecule has 1 saturated heterocycles. The van der Waals surface area contributed by atoms with Crippen LogP contribution in [0.5, 0.6) is 5.75 Å². The summed E-state index contributed by atoms with van der Waals surface area (Å²) < 4.78 is 16.8. The van der Waals surface area contributed by atoms with Gasteiger partial charge in [-0.05, 0) is 37.3 Å². The number of hydrogen-bond donors (Lipinski definition) is 2. The van der Waals surface area contributed by atoms with Crippen LogP contribution in [0.25, 0.3) is 0 Å². The fourth-order valence-electron chi connectivity index (χ4n) is 3.42. The summed E-state index contributed by atoms with van der Waals surface area (Å²) in [6.45, 7) is 2.43. The fraction of sp³-hybridized carbons (Fsp3) is 0.647. The summed E-state index contributed by atoms with van der Waals surface area (Å²) in [5, 5.41) is 3.43. The van der Waals surface area contributed by atoms with E-state index in [2.05, 4.69) is 5.32 Å². The minimum Gasteiger partial charge on any atom is -0.497 e. The number of nitrogen functional groups attached to an aromatic ring is 1. The van der Waals surface area contributed by atoms with Crippen molar-refractivity contribution in [2.75, 3.05) is 37.9 Å². The van der Waals surface area contributed by atoms with Gasteiger partial charge in [-0.2, -0.15) is 0 Å². The van der Waals surface area contributed by atoms with Gasteiger partial charge in [0.15, 0.2) is 5.79 Å². The van der Waals surface area contributed by atoms with Gasteiger partial charge in [0.25, 0.3) is 0 Å². The van der Waals surface area contributed by atoms with Gasteiger partial charge in [-0.25, -0.2) is 0 Å². The third-order valence-corrected chi connectivity index (χ3v) is 4.81. The largest absolute Gasteiger partial charge is 0.497 e. The van der Waals surface area contributed by atoms with Crippen LogP contribution in [0.3, 0.4) is 0 Å². The van der Waals surface area contributed by atoms with Crippen molar-refractivity contribution in [1.82, 2.24) is 0 Å². The average Bonchev–Trinajstić information content (AvgIpc) is 2.99. The maximum absolute atomic E-state index is 5.99. The summed E-state index contributed by atoms with van der Waals surface area (Å²) in [5.41, 5.74) is 7.70. The fourth-order valence-corrected chi connectivity index (χ4v) is 3.42. The molecule has 1 spiro atoms. The normalized spacial score (nSPS) is 21.1. The van der Waals surface area contributed by atoms with Crippen molar-refractivity contribution in [2.24, 2.45) is 5.92 Å². The molecule has 1 aromatic rings. The zero-order valence-electron chi connectivity index (χ0n) is 13.3. The van der Waals surface area contributed by atoms with Gasteiger partial charge in [0.05, 0.1) is 31.7 Å². The van der Waals surface area contributed by atoms with Crippen LogP contribution in [-0.4, -0.2) is 32.7 Å². The lowest BCUT2D eigenvalue weighted by Crippen LogP contribution is -2.35. The first-order chi connectivity index (χ1) is 10.7. The molecular weight excluding hydrogens is 280 g/mol. The molecule has 3 N–H and O–H groups in total. The van der Waals surface area contributed by atoms with E-state index in [1.165, 1.54) is 12.8 Å². The summed E-state index contributed by atoms with van der Waals surface area (Å²) in [4.78, 5) is 0. The van der Waals surface area contributed by atoms with E-state index in [4.69, 9.17) is 19.9 Å². The number of nitrogens with one attached hydrogen (secondary N) is 1. The van der Waals surface area contributed by atoms with Crippen molar-refractivity contribution in [3.05, 3.63) is 18.2 Å². The van der Waals surface area contributed by atoms with Crippen LogP contribution in [0, 0.1) is 5.92 Å². The lowest BCUT2D eigenvalue weighted by Gasteiger charge is -2.35. The zero-order chi connectivity index (χ0) is 15.4. The van der Waals surface area contributed by atoms with E-state index < -0.39 is 0 Å². The van der Waals surface area contributed by atoms with E-state index in [0.29, 0.717) is 0 Å². The summed E-state index contributed by atoms with van der Waals surface area (Å²) >= 11 is 0. The highest BCUT2D eigenvalue weighted by Crippen LogP contribution is 2.39. The molecule has 1 heterocycles. The molecule has 1 aliphatic heterocycles. The first-order valence-electron chi connectivity index (χ1n) is 8.16. The molecule has 22 heavy (non-hydrogen) atoms. The van der Waals surface area contributed by atoms with Gasteiger partial charge in [-0.1, -0.05) is 0 Å². The van der Waals surface area contributed by atoms with Crippen LogP contribution in [0.1, 0.15) is 32.1 Å². The molecule has 1 saturated carbocycles. The maximum atomic E-state index is 5.99. The predicted octanol–water partition coefficient (Wildman–Crippen LogP) is 3.01. The molecule has 0 aromatic heterocycles. The molecule has 0 unspecified atom stereocenters. The second-order valence-corrected chi connectivity index (χ2v) is 6.22. The SMILES string of the molecule is COc1ccc(N)c(NCCC2CCC3(CC2)OCCO3)c1. The molecule has 1 aliphatic carbocycles. The van der Waals surface area contributed by atoms with Crippen LogP contribution in [0.15, 0.2) is 18.2 Å². The topological polar surface area (TPSA) is 65.7 Å². The zero-order valence-corrected chi connectivity index (χ0v) is 13.3. The number of benzene rings is 1. The molecule has 2 fully saturated rings. The lowest BCUT2D eigenvalue weighted by molar-refractivity contribution is -0.182. The Bertz CT molecular complexity index is 491. The molecule has 3 rings (SSSR count). The highest BCUT2D eigenvalue weighted by Gasteiger charge is 2.39. The Morgan fingerprint density at radius 2 is 2.00 bits per heavy atom. The number of hydrogen-bond acceptors (Lipinski definition) is 5. The van der Waals surface area contributed by atoms with Crippen LogP contribution in [0.2, 0.25) is 0 Å². The van der Waals surface area contributed by atoms with Gasteiger partial charge in [0.1, 0.15) is 5.75 Å². The number of methoxy groups -OCH3 is 1. The predicted molar refractivity (Wildman–Crippen MR) is 87.1 cm³/mol. The molecule has 0 atom stereocenters. The quantitative estimate of drug-likeness (QED) is 0.819. The van der Waals surface area contributed by atoms with Crippen molar-refractivity contribution in [2.45, 2.75) is 37.9 Å². The Morgan fingerprint density at radius 1 is 1.27 bits per heavy atom. The Labute approximate surface area is 132 Å².